The summed E-state index contributed by atoms with van der Waals surface area (Å²) >= 11 is 0. The Balaban J connectivity index is 1.82. The van der Waals surface area contributed by atoms with E-state index in [1.165, 1.54) is 5.56 Å². The summed E-state index contributed by atoms with van der Waals surface area (Å²) in [7, 11) is 0. The third-order valence-corrected chi connectivity index (χ3v) is 7.00. The summed E-state index contributed by atoms with van der Waals surface area (Å²) in [5, 5.41) is 21.2. The predicted octanol–water partition coefficient (Wildman–Crippen LogP) is 7.94. The van der Waals surface area contributed by atoms with Crippen LogP contribution in [0.25, 0.3) is 11.1 Å². The van der Waals surface area contributed by atoms with Crippen molar-refractivity contribution in [1.82, 2.24) is 0 Å². The number of phenols is 2. The minimum atomic E-state index is -0.710. The van der Waals surface area contributed by atoms with E-state index in [9.17, 15) is 10.2 Å². The molecular formula is C33H34O3. The summed E-state index contributed by atoms with van der Waals surface area (Å²) in [6.45, 7) is 12.7. The lowest BCUT2D eigenvalue weighted by Crippen LogP contribution is -2.29. The van der Waals surface area contributed by atoms with Crippen LogP contribution in [0.1, 0.15) is 69.4 Å². The Morgan fingerprint density at radius 3 is 1.44 bits per heavy atom. The van der Waals surface area contributed by atoms with Crippen molar-refractivity contribution in [3.63, 3.8) is 0 Å². The number of aromatic hydroxyl groups is 2. The van der Waals surface area contributed by atoms with Crippen molar-refractivity contribution in [3.05, 3.63) is 113 Å². The molecule has 0 fully saturated rings. The van der Waals surface area contributed by atoms with Crippen LogP contribution in [-0.2, 0) is 10.8 Å². The monoisotopic (exact) mass is 478 g/mol. The average Bonchev–Trinajstić information content (AvgIpc) is 3.07. The van der Waals surface area contributed by atoms with Crippen molar-refractivity contribution in [2.45, 2.75) is 58.0 Å². The molecule has 1 aliphatic carbocycles. The fraction of sp³-hybridized carbons (Fsp3) is 0.273. The van der Waals surface area contributed by atoms with E-state index in [2.05, 4.69) is 57.2 Å². The van der Waals surface area contributed by atoms with Crippen molar-refractivity contribution in [2.75, 3.05) is 0 Å². The molecule has 0 unspecified atom stereocenters. The van der Waals surface area contributed by atoms with Gasteiger partial charge < -0.3 is 14.9 Å². The number of hydrogen-bond donors (Lipinski definition) is 2. The molecule has 5 rings (SSSR count). The Morgan fingerprint density at radius 2 is 1.03 bits per heavy atom. The highest BCUT2D eigenvalue weighted by molar-refractivity contribution is 5.87. The van der Waals surface area contributed by atoms with Crippen LogP contribution in [0.5, 0.6) is 17.2 Å². The third kappa shape index (κ3) is 3.93. The number of phenolic OH excluding ortho intramolecular Hbond substituents is 2. The van der Waals surface area contributed by atoms with E-state index < -0.39 is 5.41 Å². The molecule has 3 nitrogen and oxygen atoms in total. The van der Waals surface area contributed by atoms with Gasteiger partial charge in [0.25, 0.3) is 0 Å². The zero-order valence-electron chi connectivity index (χ0n) is 21.9. The zero-order chi connectivity index (χ0) is 25.9. The molecule has 4 aromatic carbocycles. The van der Waals surface area contributed by atoms with Gasteiger partial charge in [0.15, 0.2) is 0 Å². The summed E-state index contributed by atoms with van der Waals surface area (Å²) in [5.74, 6) is 1.23. The second-order valence-electron chi connectivity index (χ2n) is 11.8. The van der Waals surface area contributed by atoms with Gasteiger partial charge in [0.2, 0.25) is 0 Å². The highest BCUT2D eigenvalue weighted by atomic mass is 16.5. The Kier molecular flexibility index (Phi) is 5.44. The molecule has 1 aliphatic rings. The first-order valence-electron chi connectivity index (χ1n) is 12.5. The molecule has 0 saturated carbocycles. The van der Waals surface area contributed by atoms with Crippen LogP contribution in [0, 0.1) is 0 Å². The minimum Gasteiger partial charge on any atom is -0.508 e. The maximum absolute atomic E-state index is 10.6. The maximum Gasteiger partial charge on any atom is 0.120 e. The molecule has 0 aromatic heterocycles. The average molecular weight is 479 g/mol. The highest BCUT2D eigenvalue weighted by Gasteiger charge is 2.46. The van der Waals surface area contributed by atoms with Gasteiger partial charge in [-0.3, -0.25) is 0 Å². The Morgan fingerprint density at radius 1 is 0.583 bits per heavy atom. The lowest BCUT2D eigenvalue weighted by atomic mass is 9.67. The van der Waals surface area contributed by atoms with Gasteiger partial charge in [-0.1, -0.05) is 69.3 Å². The maximum atomic E-state index is 10.6. The van der Waals surface area contributed by atoms with Gasteiger partial charge in [-0.25, -0.2) is 0 Å². The smallest absolute Gasteiger partial charge is 0.120 e. The second kappa shape index (κ2) is 8.16. The molecule has 0 heterocycles. The van der Waals surface area contributed by atoms with Crippen molar-refractivity contribution in [3.8, 4) is 28.4 Å². The summed E-state index contributed by atoms with van der Waals surface area (Å²) in [4.78, 5) is 0. The summed E-state index contributed by atoms with van der Waals surface area (Å²) in [6.07, 6.45) is 0. The van der Waals surface area contributed by atoms with Crippen molar-refractivity contribution < 1.29 is 14.9 Å². The van der Waals surface area contributed by atoms with Gasteiger partial charge >= 0.3 is 0 Å². The first-order chi connectivity index (χ1) is 16.9. The van der Waals surface area contributed by atoms with Crippen molar-refractivity contribution in [1.29, 1.82) is 0 Å². The Bertz CT molecular complexity index is 1360. The SMILES string of the molecule is CC(C)(C)Oc1ccc(C2(c3ccc(C(C)(C)C)cc3)c3cc(O)ccc3-c3ccc(O)cc32)cc1. The molecule has 0 amide bonds. The molecule has 0 radical (unpaired) electrons. The van der Waals surface area contributed by atoms with E-state index in [1.807, 2.05) is 57.2 Å². The molecule has 36 heavy (non-hydrogen) atoms. The molecule has 0 aliphatic heterocycles. The fourth-order valence-corrected chi connectivity index (χ4v) is 5.44. The van der Waals surface area contributed by atoms with Crippen molar-refractivity contribution in [2.24, 2.45) is 0 Å². The molecule has 0 saturated heterocycles. The number of rotatable bonds is 3. The molecular weight excluding hydrogens is 444 g/mol. The quantitative estimate of drug-likeness (QED) is 0.277. The summed E-state index contributed by atoms with van der Waals surface area (Å²) < 4.78 is 6.11. The van der Waals surface area contributed by atoms with Crippen LogP contribution in [0.2, 0.25) is 0 Å². The van der Waals surface area contributed by atoms with E-state index in [4.69, 9.17) is 4.74 Å². The molecule has 184 valence electrons. The largest absolute Gasteiger partial charge is 0.508 e. The molecule has 0 atom stereocenters. The normalized spacial score (nSPS) is 14.3. The minimum absolute atomic E-state index is 0.0274. The zero-order valence-corrected chi connectivity index (χ0v) is 21.9. The standard InChI is InChI=1S/C33H34O3/c1-31(2,3)21-7-9-22(10-8-21)33(23-11-15-26(16-12-23)36-32(4,5)6)29-19-24(34)13-17-27(29)28-18-14-25(35)20-30(28)33/h7-20,34-35H,1-6H3. The van der Waals surface area contributed by atoms with Gasteiger partial charge in [0.05, 0.1) is 5.41 Å². The van der Waals surface area contributed by atoms with Crippen LogP contribution < -0.4 is 4.74 Å². The topological polar surface area (TPSA) is 49.7 Å². The van der Waals surface area contributed by atoms with Crippen LogP contribution >= 0.6 is 0 Å². The van der Waals surface area contributed by atoms with Crippen LogP contribution in [0.15, 0.2) is 84.9 Å². The second-order valence-corrected chi connectivity index (χ2v) is 11.8. The van der Waals surface area contributed by atoms with Crippen LogP contribution in [0.4, 0.5) is 0 Å². The number of fused-ring (bicyclic) bond motifs is 3. The molecule has 3 heteroatoms. The predicted molar refractivity (Wildman–Crippen MR) is 146 cm³/mol. The molecule has 0 bridgehead atoms. The van der Waals surface area contributed by atoms with E-state index in [0.29, 0.717) is 0 Å². The summed E-state index contributed by atoms with van der Waals surface area (Å²) in [6, 6.07) is 28.1. The van der Waals surface area contributed by atoms with E-state index in [-0.39, 0.29) is 22.5 Å². The van der Waals surface area contributed by atoms with Gasteiger partial charge in [-0.2, -0.15) is 0 Å². The van der Waals surface area contributed by atoms with Crippen LogP contribution in [-0.4, -0.2) is 15.8 Å². The first-order valence-corrected chi connectivity index (χ1v) is 12.5. The third-order valence-electron chi connectivity index (χ3n) is 7.00. The Labute approximate surface area is 214 Å². The lowest BCUT2D eigenvalue weighted by Gasteiger charge is -2.34. The van der Waals surface area contributed by atoms with Crippen molar-refractivity contribution >= 4 is 0 Å². The van der Waals surface area contributed by atoms with Gasteiger partial charge in [-0.05, 0) is 102 Å². The van der Waals surface area contributed by atoms with E-state index in [1.54, 1.807) is 12.1 Å². The fourth-order valence-electron chi connectivity index (χ4n) is 5.44. The highest BCUT2D eigenvalue weighted by Crippen LogP contribution is 2.57. The lowest BCUT2D eigenvalue weighted by molar-refractivity contribution is 0.131. The number of hydrogen-bond acceptors (Lipinski definition) is 3. The van der Waals surface area contributed by atoms with Crippen LogP contribution in [0.3, 0.4) is 0 Å². The first kappa shape index (κ1) is 24.0. The number of benzene rings is 4. The van der Waals surface area contributed by atoms with E-state index >= 15 is 0 Å². The van der Waals surface area contributed by atoms with Gasteiger partial charge in [0, 0.05) is 0 Å². The number of ether oxygens (including phenoxy) is 1. The van der Waals surface area contributed by atoms with Gasteiger partial charge in [0.1, 0.15) is 22.8 Å². The van der Waals surface area contributed by atoms with E-state index in [0.717, 1.165) is 39.1 Å². The molecule has 0 spiro atoms. The molecule has 2 N–H and O–H groups in total. The summed E-state index contributed by atoms with van der Waals surface area (Å²) in [5.41, 5.74) is 6.49. The Hall–Kier alpha value is -3.72. The van der Waals surface area contributed by atoms with Gasteiger partial charge in [-0.15, -0.1) is 0 Å². The molecule has 4 aromatic rings.